The van der Waals surface area contributed by atoms with Crippen molar-refractivity contribution in [1.29, 1.82) is 0 Å². The molecular weight excluding hydrogens is 433 g/mol. The summed E-state index contributed by atoms with van der Waals surface area (Å²) in [6, 6.07) is 18.7. The summed E-state index contributed by atoms with van der Waals surface area (Å²) in [5, 5.41) is 13.4. The van der Waals surface area contributed by atoms with E-state index in [9.17, 15) is 19.1 Å². The lowest BCUT2D eigenvalue weighted by molar-refractivity contribution is -0.128. The molecule has 0 unspecified atom stereocenters. The molecule has 2 aliphatic heterocycles. The Bertz CT molecular complexity index is 1280. The zero-order valence-electron chi connectivity index (χ0n) is 19.2. The van der Waals surface area contributed by atoms with E-state index in [4.69, 9.17) is 0 Å². The topological polar surface area (TPSA) is 74.6 Å². The van der Waals surface area contributed by atoms with E-state index in [2.05, 4.69) is 10.2 Å². The van der Waals surface area contributed by atoms with Crippen molar-refractivity contribution in [3.05, 3.63) is 94.2 Å². The maximum absolute atomic E-state index is 14.4. The minimum atomic E-state index is -0.515. The van der Waals surface area contributed by atoms with Gasteiger partial charge in [-0.3, -0.25) is 14.5 Å². The number of rotatable bonds is 5. The summed E-state index contributed by atoms with van der Waals surface area (Å²) in [6.45, 7) is 2.12. The summed E-state index contributed by atoms with van der Waals surface area (Å²) in [7, 11) is 1.94. The highest BCUT2D eigenvalue weighted by molar-refractivity contribution is 5.81. The average Bonchev–Trinajstić information content (AvgIpc) is 3.02. The van der Waals surface area contributed by atoms with E-state index in [0.29, 0.717) is 17.8 Å². The number of aliphatic hydroxyl groups excluding tert-OH is 1. The molecule has 34 heavy (non-hydrogen) atoms. The third-order valence-corrected chi connectivity index (χ3v) is 7.47. The number of halogens is 1. The lowest BCUT2D eigenvalue weighted by atomic mass is 9.86. The van der Waals surface area contributed by atoms with Crippen LogP contribution in [0.25, 0.3) is 11.1 Å². The fourth-order valence-corrected chi connectivity index (χ4v) is 5.71. The second kappa shape index (κ2) is 8.81. The first-order chi connectivity index (χ1) is 16.4. The van der Waals surface area contributed by atoms with Gasteiger partial charge in [0, 0.05) is 36.4 Å². The van der Waals surface area contributed by atoms with Gasteiger partial charge < -0.3 is 15.0 Å². The van der Waals surface area contributed by atoms with Crippen LogP contribution in [0.3, 0.4) is 0 Å². The number of carbonyl (C=O) groups excluding carboxylic acids is 1. The van der Waals surface area contributed by atoms with Crippen LogP contribution in [-0.4, -0.2) is 40.2 Å². The molecule has 0 aliphatic carbocycles. The monoisotopic (exact) mass is 461 g/mol. The van der Waals surface area contributed by atoms with Crippen LogP contribution < -0.4 is 10.9 Å². The Morgan fingerprint density at radius 2 is 1.79 bits per heavy atom. The number of aliphatic hydroxyl groups is 1. The zero-order valence-corrected chi connectivity index (χ0v) is 19.2. The number of hydrogen-bond acceptors (Lipinski definition) is 4. The van der Waals surface area contributed by atoms with Crippen LogP contribution in [-0.2, 0) is 11.3 Å². The van der Waals surface area contributed by atoms with E-state index in [1.807, 2.05) is 50.4 Å². The van der Waals surface area contributed by atoms with Crippen molar-refractivity contribution in [3.63, 3.8) is 0 Å². The van der Waals surface area contributed by atoms with Crippen molar-refractivity contribution in [2.45, 2.75) is 31.6 Å². The Hall–Kier alpha value is -3.29. The van der Waals surface area contributed by atoms with Gasteiger partial charge in [0.15, 0.2) is 0 Å². The SMILES string of the molecule is C[C@@H](NC(=O)[C@H]1[C@H](CO)[C@H]2Cn3c(ccc(-c4ccccc4F)c3=O)[C@@H]1N2C)c1ccccc1. The second-order valence-electron chi connectivity index (χ2n) is 9.26. The molecule has 1 amide bonds. The molecule has 2 aliphatic rings. The molecular formula is C27H28FN3O3. The van der Waals surface area contributed by atoms with E-state index in [0.717, 1.165) is 5.56 Å². The van der Waals surface area contributed by atoms with Crippen LogP contribution >= 0.6 is 0 Å². The van der Waals surface area contributed by atoms with Crippen molar-refractivity contribution in [1.82, 2.24) is 14.8 Å². The number of benzene rings is 2. The smallest absolute Gasteiger partial charge is 0.258 e. The maximum atomic E-state index is 14.4. The quantitative estimate of drug-likeness (QED) is 0.612. The van der Waals surface area contributed by atoms with Gasteiger partial charge in [-0.05, 0) is 37.7 Å². The number of pyridine rings is 1. The summed E-state index contributed by atoms with van der Waals surface area (Å²) in [4.78, 5) is 29.1. The molecule has 3 heterocycles. The van der Waals surface area contributed by atoms with E-state index in [1.165, 1.54) is 6.07 Å². The largest absolute Gasteiger partial charge is 0.396 e. The Kier molecular flexibility index (Phi) is 5.83. The van der Waals surface area contributed by atoms with Crippen LogP contribution in [0.5, 0.6) is 0 Å². The first kappa shape index (κ1) is 22.5. The molecule has 0 spiro atoms. The summed E-state index contributed by atoms with van der Waals surface area (Å²) in [6.07, 6.45) is 0. The van der Waals surface area contributed by atoms with Gasteiger partial charge in [0.05, 0.1) is 23.6 Å². The Balaban J connectivity index is 1.52. The number of likely N-dealkylation sites (N-methyl/N-ethyl adjacent to an activating group) is 1. The van der Waals surface area contributed by atoms with Crippen molar-refractivity contribution >= 4 is 5.91 Å². The Morgan fingerprint density at radius 3 is 2.50 bits per heavy atom. The minimum Gasteiger partial charge on any atom is -0.396 e. The fraction of sp³-hybridized carbons (Fsp3) is 0.333. The van der Waals surface area contributed by atoms with Gasteiger partial charge in [-0.25, -0.2) is 4.39 Å². The van der Waals surface area contributed by atoms with Crippen LogP contribution in [0, 0.1) is 17.7 Å². The molecule has 0 saturated carbocycles. The Labute approximate surface area is 197 Å². The molecule has 2 bridgehead atoms. The predicted molar refractivity (Wildman–Crippen MR) is 127 cm³/mol. The average molecular weight is 462 g/mol. The number of aromatic nitrogens is 1. The van der Waals surface area contributed by atoms with Crippen LogP contribution in [0.4, 0.5) is 4.39 Å². The number of amides is 1. The van der Waals surface area contributed by atoms with Crippen molar-refractivity contribution < 1.29 is 14.3 Å². The Morgan fingerprint density at radius 1 is 1.09 bits per heavy atom. The maximum Gasteiger partial charge on any atom is 0.258 e. The zero-order chi connectivity index (χ0) is 24.0. The molecule has 0 radical (unpaired) electrons. The molecule has 2 aromatic carbocycles. The second-order valence-corrected chi connectivity index (χ2v) is 9.26. The van der Waals surface area contributed by atoms with Gasteiger partial charge in [0.1, 0.15) is 5.82 Å². The van der Waals surface area contributed by atoms with Crippen molar-refractivity contribution in [3.8, 4) is 11.1 Å². The summed E-state index contributed by atoms with van der Waals surface area (Å²) in [5.41, 5.74) is 1.99. The van der Waals surface area contributed by atoms with Gasteiger partial charge in [0.2, 0.25) is 5.91 Å². The first-order valence-electron chi connectivity index (χ1n) is 11.6. The molecule has 5 rings (SSSR count). The van der Waals surface area contributed by atoms with E-state index >= 15 is 0 Å². The number of carbonyl (C=O) groups is 1. The predicted octanol–water partition coefficient (Wildman–Crippen LogP) is 3.13. The van der Waals surface area contributed by atoms with Crippen LogP contribution in [0.1, 0.15) is 30.3 Å². The summed E-state index contributed by atoms with van der Waals surface area (Å²) in [5.74, 6) is -1.43. The molecule has 5 atom stereocenters. The van der Waals surface area contributed by atoms with Crippen LogP contribution in [0.15, 0.2) is 71.5 Å². The van der Waals surface area contributed by atoms with Gasteiger partial charge in [-0.15, -0.1) is 0 Å². The summed E-state index contributed by atoms with van der Waals surface area (Å²) < 4.78 is 16.1. The fourth-order valence-electron chi connectivity index (χ4n) is 5.71. The molecule has 6 nitrogen and oxygen atoms in total. The lowest BCUT2D eigenvalue weighted by Crippen LogP contribution is -2.44. The number of fused-ring (bicyclic) bond motifs is 4. The van der Waals surface area contributed by atoms with Gasteiger partial charge in [0.25, 0.3) is 5.56 Å². The minimum absolute atomic E-state index is 0.145. The third-order valence-electron chi connectivity index (χ3n) is 7.47. The molecule has 1 saturated heterocycles. The van der Waals surface area contributed by atoms with E-state index in [-0.39, 0.29) is 47.7 Å². The van der Waals surface area contributed by atoms with Crippen molar-refractivity contribution in [2.75, 3.05) is 13.7 Å². The molecule has 7 heteroatoms. The molecule has 1 aromatic heterocycles. The number of nitrogens with zero attached hydrogens (tertiary/aromatic N) is 2. The number of nitrogens with one attached hydrogen (secondary N) is 1. The molecule has 176 valence electrons. The molecule has 1 fully saturated rings. The van der Waals surface area contributed by atoms with Gasteiger partial charge in [-0.1, -0.05) is 48.5 Å². The normalized spacial score (nSPS) is 24.5. The summed E-state index contributed by atoms with van der Waals surface area (Å²) >= 11 is 0. The molecule has 2 N–H and O–H groups in total. The van der Waals surface area contributed by atoms with Crippen molar-refractivity contribution in [2.24, 2.45) is 11.8 Å². The highest BCUT2D eigenvalue weighted by atomic mass is 19.1. The highest BCUT2D eigenvalue weighted by Gasteiger charge is 2.54. The standard InChI is InChI=1S/C27H28FN3O3/c1-16(17-8-4-3-5-9-17)29-26(33)24-20(15-32)23-14-31-22(25(24)30(23)2)13-12-19(27(31)34)18-10-6-7-11-21(18)28/h3-13,16,20,23-25,32H,14-15H2,1-2H3,(H,29,33)/t16-,20-,23-,24+,25+/m1/s1. The first-order valence-corrected chi connectivity index (χ1v) is 11.6. The third kappa shape index (κ3) is 3.56. The molecule has 3 aromatic rings. The van der Waals surface area contributed by atoms with E-state index in [1.54, 1.807) is 28.8 Å². The highest BCUT2D eigenvalue weighted by Crippen LogP contribution is 2.47. The number of hydrogen-bond donors (Lipinski definition) is 2. The van der Waals surface area contributed by atoms with Gasteiger partial charge in [-0.2, -0.15) is 0 Å². The van der Waals surface area contributed by atoms with E-state index < -0.39 is 11.7 Å². The van der Waals surface area contributed by atoms with Crippen LogP contribution in [0.2, 0.25) is 0 Å². The lowest BCUT2D eigenvalue weighted by Gasteiger charge is -2.35. The van der Waals surface area contributed by atoms with Gasteiger partial charge >= 0.3 is 0 Å².